The molecular weight excluding hydrogens is 294 g/mol. The molecule has 0 saturated carbocycles. The minimum atomic E-state index is -1.13. The van der Waals surface area contributed by atoms with Crippen molar-refractivity contribution in [1.82, 2.24) is 15.0 Å². The van der Waals surface area contributed by atoms with E-state index in [2.05, 4.69) is 15.0 Å². The van der Waals surface area contributed by atoms with E-state index < -0.39 is 11.7 Å². The van der Waals surface area contributed by atoms with Gasteiger partial charge in [0.2, 0.25) is 5.88 Å². The molecular formula is C13H13N3O4S. The van der Waals surface area contributed by atoms with Gasteiger partial charge in [0.1, 0.15) is 10.6 Å². The van der Waals surface area contributed by atoms with Gasteiger partial charge in [0.25, 0.3) is 0 Å². The predicted octanol–water partition coefficient (Wildman–Crippen LogP) is 1.47. The number of carbonyl (C=O) groups is 1. The lowest BCUT2D eigenvalue weighted by Crippen LogP contribution is -2.18. The number of pyridine rings is 1. The summed E-state index contributed by atoms with van der Waals surface area (Å²) in [5.41, 5.74) is 0.504. The zero-order valence-electron chi connectivity index (χ0n) is 11.4. The molecule has 2 rings (SSSR count). The van der Waals surface area contributed by atoms with E-state index in [9.17, 15) is 14.7 Å². The molecule has 2 N–H and O–H groups in total. The maximum absolute atomic E-state index is 11.4. The van der Waals surface area contributed by atoms with Gasteiger partial charge in [0.15, 0.2) is 0 Å². The van der Waals surface area contributed by atoms with Gasteiger partial charge in [-0.3, -0.25) is 0 Å². The topological polar surface area (TPSA) is 105 Å². The van der Waals surface area contributed by atoms with Crippen molar-refractivity contribution < 1.29 is 14.6 Å². The highest BCUT2D eigenvalue weighted by Gasteiger charge is 2.17. The van der Waals surface area contributed by atoms with Crippen molar-refractivity contribution in [2.24, 2.45) is 0 Å². The number of hydrogen-bond donors (Lipinski definition) is 2. The van der Waals surface area contributed by atoms with E-state index in [1.165, 1.54) is 14.0 Å². The van der Waals surface area contributed by atoms with E-state index in [4.69, 9.17) is 4.74 Å². The van der Waals surface area contributed by atoms with Crippen molar-refractivity contribution in [1.29, 1.82) is 0 Å². The van der Waals surface area contributed by atoms with Gasteiger partial charge >= 0.3 is 11.7 Å². The Morgan fingerprint density at radius 2 is 2.29 bits per heavy atom. The maximum Gasteiger partial charge on any atom is 0.346 e. The number of H-pyrrole nitrogens is 1. The molecule has 0 fully saturated rings. The maximum atomic E-state index is 11.4. The lowest BCUT2D eigenvalue weighted by Gasteiger charge is -2.08. The summed E-state index contributed by atoms with van der Waals surface area (Å²) in [5, 5.41) is 9.40. The largest absolute Gasteiger partial charge is 0.481 e. The monoisotopic (exact) mass is 307 g/mol. The molecule has 7 nitrogen and oxygen atoms in total. The average Bonchev–Trinajstić information content (AvgIpc) is 2.44. The quantitative estimate of drug-likeness (QED) is 0.636. The minimum Gasteiger partial charge on any atom is -0.481 e. The molecule has 2 aromatic heterocycles. The van der Waals surface area contributed by atoms with E-state index in [0.29, 0.717) is 11.6 Å². The fourth-order valence-corrected chi connectivity index (χ4v) is 2.82. The third kappa shape index (κ3) is 3.40. The van der Waals surface area contributed by atoms with Gasteiger partial charge in [-0.15, -0.1) is 11.8 Å². The second-order valence-electron chi connectivity index (χ2n) is 4.11. The second-order valence-corrected chi connectivity index (χ2v) is 5.08. The molecule has 2 heterocycles. The lowest BCUT2D eigenvalue weighted by atomic mass is 10.2. The zero-order valence-corrected chi connectivity index (χ0v) is 12.2. The van der Waals surface area contributed by atoms with Crippen LogP contribution >= 0.6 is 11.8 Å². The van der Waals surface area contributed by atoms with Gasteiger partial charge in [-0.05, 0) is 13.0 Å². The summed E-state index contributed by atoms with van der Waals surface area (Å²) in [7, 11) is 1.51. The predicted molar refractivity (Wildman–Crippen MR) is 76.9 cm³/mol. The Balaban J connectivity index is 2.32. The molecule has 2 aromatic rings. The number of nitrogens with zero attached hydrogens (tertiary/aromatic N) is 2. The van der Waals surface area contributed by atoms with Crippen LogP contribution < -0.4 is 10.4 Å². The van der Waals surface area contributed by atoms with Gasteiger partial charge in [-0.25, -0.2) is 14.6 Å². The van der Waals surface area contributed by atoms with Crippen LogP contribution in [0.1, 0.15) is 21.6 Å². The first-order valence-electron chi connectivity index (χ1n) is 5.97. The molecule has 0 radical (unpaired) electrons. The van der Waals surface area contributed by atoms with Gasteiger partial charge in [0.05, 0.1) is 7.11 Å². The summed E-state index contributed by atoms with van der Waals surface area (Å²) >= 11 is 1.15. The van der Waals surface area contributed by atoms with E-state index in [-0.39, 0.29) is 16.3 Å². The third-order valence-corrected chi connectivity index (χ3v) is 3.73. The molecule has 0 saturated heterocycles. The Bertz CT molecular complexity index is 730. The molecule has 21 heavy (non-hydrogen) atoms. The number of methoxy groups -OCH3 is 1. The standard InChI is InChI=1S/C13H13N3O4S/c1-7-9(12(17)18)11(16-13(19)15-7)21-6-8-4-3-5-14-10(8)20-2/h3-5H,6H2,1-2H3,(H,17,18)(H,15,16,19). The summed E-state index contributed by atoms with van der Waals surface area (Å²) in [5.74, 6) is -0.270. The Labute approximate surface area is 124 Å². The Morgan fingerprint density at radius 3 is 2.95 bits per heavy atom. The van der Waals surface area contributed by atoms with Crippen LogP contribution in [0.25, 0.3) is 0 Å². The van der Waals surface area contributed by atoms with Crippen molar-refractivity contribution in [2.75, 3.05) is 7.11 Å². The van der Waals surface area contributed by atoms with Gasteiger partial charge < -0.3 is 14.8 Å². The van der Waals surface area contributed by atoms with Crippen molar-refractivity contribution in [3.8, 4) is 5.88 Å². The molecule has 0 amide bonds. The Morgan fingerprint density at radius 1 is 1.52 bits per heavy atom. The number of ether oxygens (including phenoxy) is 1. The van der Waals surface area contributed by atoms with Crippen LogP contribution in [-0.2, 0) is 5.75 Å². The molecule has 0 bridgehead atoms. The highest BCUT2D eigenvalue weighted by Crippen LogP contribution is 2.27. The van der Waals surface area contributed by atoms with Crippen molar-refractivity contribution in [2.45, 2.75) is 17.7 Å². The summed E-state index contributed by atoms with van der Waals surface area (Å²) in [6, 6.07) is 3.58. The summed E-state index contributed by atoms with van der Waals surface area (Å²) in [4.78, 5) is 32.9. The second kappa shape index (κ2) is 6.40. The SMILES string of the molecule is COc1ncccc1CSc1nc(=O)[nH]c(C)c1C(=O)O. The highest BCUT2D eigenvalue weighted by molar-refractivity contribution is 7.98. The molecule has 0 unspecified atom stereocenters. The van der Waals surface area contributed by atoms with Crippen molar-refractivity contribution in [3.63, 3.8) is 0 Å². The first-order chi connectivity index (χ1) is 10.0. The van der Waals surface area contributed by atoms with E-state index in [0.717, 1.165) is 17.3 Å². The fourth-order valence-electron chi connectivity index (χ4n) is 1.78. The summed E-state index contributed by atoms with van der Waals surface area (Å²) < 4.78 is 5.13. The Hall–Kier alpha value is -2.35. The summed E-state index contributed by atoms with van der Waals surface area (Å²) in [6.45, 7) is 1.53. The number of aromatic amines is 1. The number of carboxylic acid groups (broad SMARTS) is 1. The first kappa shape index (κ1) is 15.0. The first-order valence-corrected chi connectivity index (χ1v) is 6.96. The molecule has 0 aliphatic rings. The van der Waals surface area contributed by atoms with E-state index in [1.54, 1.807) is 12.3 Å². The van der Waals surface area contributed by atoms with Crippen molar-refractivity contribution in [3.05, 3.63) is 45.6 Å². The summed E-state index contributed by atoms with van der Waals surface area (Å²) in [6.07, 6.45) is 1.60. The molecule has 8 heteroatoms. The fraction of sp³-hybridized carbons (Fsp3) is 0.231. The number of hydrogen-bond acceptors (Lipinski definition) is 6. The lowest BCUT2D eigenvalue weighted by molar-refractivity contribution is 0.0690. The Kier molecular flexibility index (Phi) is 4.59. The normalized spacial score (nSPS) is 10.4. The van der Waals surface area contributed by atoms with Crippen LogP contribution in [-0.4, -0.2) is 33.1 Å². The van der Waals surface area contributed by atoms with Crippen LogP contribution in [0.3, 0.4) is 0 Å². The average molecular weight is 307 g/mol. The molecule has 0 atom stereocenters. The van der Waals surface area contributed by atoms with Gasteiger partial charge in [0, 0.05) is 23.2 Å². The number of aromatic carboxylic acids is 1. The van der Waals surface area contributed by atoms with E-state index >= 15 is 0 Å². The van der Waals surface area contributed by atoms with Crippen LogP contribution in [0, 0.1) is 6.92 Å². The smallest absolute Gasteiger partial charge is 0.346 e. The molecule has 0 aliphatic heterocycles. The van der Waals surface area contributed by atoms with Crippen LogP contribution in [0.5, 0.6) is 5.88 Å². The number of thioether (sulfide) groups is 1. The van der Waals surface area contributed by atoms with Crippen molar-refractivity contribution >= 4 is 17.7 Å². The molecule has 0 spiro atoms. The highest BCUT2D eigenvalue weighted by atomic mass is 32.2. The molecule has 110 valence electrons. The number of aromatic nitrogens is 3. The van der Waals surface area contributed by atoms with Gasteiger partial charge in [-0.1, -0.05) is 6.07 Å². The number of carboxylic acids is 1. The number of aryl methyl sites for hydroxylation is 1. The molecule has 0 aliphatic carbocycles. The van der Waals surface area contributed by atoms with E-state index in [1.807, 2.05) is 6.07 Å². The van der Waals surface area contributed by atoms with Crippen LogP contribution in [0.2, 0.25) is 0 Å². The van der Waals surface area contributed by atoms with Gasteiger partial charge in [-0.2, -0.15) is 4.98 Å². The van der Waals surface area contributed by atoms with Crippen LogP contribution in [0.15, 0.2) is 28.2 Å². The third-order valence-electron chi connectivity index (χ3n) is 2.71. The number of nitrogens with one attached hydrogen (secondary N) is 1. The minimum absolute atomic E-state index is 0.00228. The zero-order chi connectivity index (χ0) is 15.4. The number of rotatable bonds is 5. The molecule has 0 aromatic carbocycles. The van der Waals surface area contributed by atoms with Crippen LogP contribution in [0.4, 0.5) is 0 Å².